The molecule has 78 valence electrons. The Morgan fingerprint density at radius 3 is 2.40 bits per heavy atom. The molecule has 1 saturated carbocycles. The number of hydrogen-bond acceptors (Lipinski definition) is 1. The third-order valence-electron chi connectivity index (χ3n) is 2.82. The largest absolute Gasteiger partial charge is 0.264 e. The molecule has 3 rings (SSSR count). The molecule has 0 atom stereocenters. The Balaban J connectivity index is 0.000000144. The molecule has 1 aliphatic carbocycles. The fourth-order valence-corrected chi connectivity index (χ4v) is 1.55. The third-order valence-corrected chi connectivity index (χ3v) is 2.82. The average Bonchev–Trinajstić information content (AvgIpc) is 3.14. The normalized spacial score (nSPS) is 14.5. The zero-order valence-corrected chi connectivity index (χ0v) is 9.19. The van der Waals surface area contributed by atoms with Gasteiger partial charge >= 0.3 is 0 Å². The highest BCUT2D eigenvalue weighted by Gasteiger charge is 2.17. The van der Waals surface area contributed by atoms with E-state index in [0.717, 1.165) is 5.92 Å². The minimum absolute atomic E-state index is 1.13. The lowest BCUT2D eigenvalue weighted by atomic mass is 10.2. The monoisotopic (exact) mass is 199 g/mol. The van der Waals surface area contributed by atoms with Crippen LogP contribution in [0.15, 0.2) is 42.7 Å². The van der Waals surface area contributed by atoms with Gasteiger partial charge in [0.05, 0.1) is 0 Å². The molecule has 0 amide bonds. The molecule has 1 nitrogen and oxygen atoms in total. The first-order valence-corrected chi connectivity index (χ1v) is 5.69. The van der Waals surface area contributed by atoms with Crippen molar-refractivity contribution in [1.82, 2.24) is 4.98 Å². The molecule has 2 aromatic rings. The van der Waals surface area contributed by atoms with Crippen LogP contribution in [-0.4, -0.2) is 4.98 Å². The summed E-state index contributed by atoms with van der Waals surface area (Å²) >= 11 is 0. The number of aromatic nitrogens is 1. The quantitative estimate of drug-likeness (QED) is 0.675. The molecule has 1 heteroatoms. The number of benzene rings is 1. The molecule has 0 radical (unpaired) electrons. The maximum absolute atomic E-state index is 4.01. The topological polar surface area (TPSA) is 12.9 Å². The van der Waals surface area contributed by atoms with Gasteiger partial charge in [-0.3, -0.25) is 4.98 Å². The molecule has 1 aromatic heterocycles. The van der Waals surface area contributed by atoms with Crippen molar-refractivity contribution in [3.05, 3.63) is 42.7 Å². The number of hydrogen-bond donors (Lipinski definition) is 0. The minimum atomic E-state index is 1.13. The summed E-state index contributed by atoms with van der Waals surface area (Å²) in [4.78, 5) is 4.01. The summed E-state index contributed by atoms with van der Waals surface area (Å²) in [6.45, 7) is 2.26. The van der Waals surface area contributed by atoms with Crippen LogP contribution >= 0.6 is 0 Å². The summed E-state index contributed by atoms with van der Waals surface area (Å²) in [6, 6.07) is 10.2. The summed E-state index contributed by atoms with van der Waals surface area (Å²) < 4.78 is 0. The summed E-state index contributed by atoms with van der Waals surface area (Å²) in [5, 5.41) is 2.45. The Hall–Kier alpha value is -1.37. The summed E-state index contributed by atoms with van der Waals surface area (Å²) in [5.74, 6) is 1.13. The van der Waals surface area contributed by atoms with Gasteiger partial charge in [-0.05, 0) is 22.8 Å². The van der Waals surface area contributed by atoms with Crippen LogP contribution in [0.3, 0.4) is 0 Å². The molecule has 0 unspecified atom stereocenters. The Morgan fingerprint density at radius 1 is 1.13 bits per heavy atom. The predicted octanol–water partition coefficient (Wildman–Crippen LogP) is 4.04. The lowest BCUT2D eigenvalue weighted by Gasteiger charge is -1.91. The molecular weight excluding hydrogens is 182 g/mol. The van der Waals surface area contributed by atoms with Crippen LogP contribution in [0.1, 0.15) is 26.2 Å². The van der Waals surface area contributed by atoms with Gasteiger partial charge in [-0.15, -0.1) is 0 Å². The zero-order chi connectivity index (χ0) is 10.5. The molecule has 1 heterocycles. The Labute approximate surface area is 91.2 Å². The molecule has 1 fully saturated rings. The van der Waals surface area contributed by atoms with Crippen molar-refractivity contribution in [3.8, 4) is 0 Å². The highest BCUT2D eigenvalue weighted by Crippen LogP contribution is 2.31. The van der Waals surface area contributed by atoms with Crippen molar-refractivity contribution < 1.29 is 0 Å². The van der Waals surface area contributed by atoms with Gasteiger partial charge < -0.3 is 0 Å². The first kappa shape index (κ1) is 10.2. The maximum Gasteiger partial charge on any atom is 0.0346 e. The molecule has 0 bridgehead atoms. The number of rotatable bonds is 1. The molecule has 1 aromatic carbocycles. The zero-order valence-electron chi connectivity index (χ0n) is 9.19. The van der Waals surface area contributed by atoms with Crippen LogP contribution in [0.2, 0.25) is 0 Å². The smallest absolute Gasteiger partial charge is 0.0346 e. The first-order valence-electron chi connectivity index (χ1n) is 5.69. The summed E-state index contributed by atoms with van der Waals surface area (Å²) in [5.41, 5.74) is 0. The van der Waals surface area contributed by atoms with E-state index in [0.29, 0.717) is 0 Å². The lowest BCUT2D eigenvalue weighted by molar-refractivity contribution is 0.799. The van der Waals surface area contributed by atoms with Gasteiger partial charge in [-0.25, -0.2) is 0 Å². The van der Waals surface area contributed by atoms with Crippen molar-refractivity contribution in [1.29, 1.82) is 0 Å². The fourth-order valence-electron chi connectivity index (χ4n) is 1.55. The van der Waals surface area contributed by atoms with Gasteiger partial charge in [0, 0.05) is 12.4 Å². The molecule has 15 heavy (non-hydrogen) atoms. The van der Waals surface area contributed by atoms with Crippen LogP contribution in [0.4, 0.5) is 0 Å². The maximum atomic E-state index is 4.01. The number of nitrogens with zero attached hydrogens (tertiary/aromatic N) is 1. The van der Waals surface area contributed by atoms with E-state index in [4.69, 9.17) is 0 Å². The first-order chi connectivity index (χ1) is 7.40. The molecule has 0 saturated heterocycles. The van der Waals surface area contributed by atoms with Crippen LogP contribution in [-0.2, 0) is 0 Å². The van der Waals surface area contributed by atoms with Gasteiger partial charge in [0.1, 0.15) is 0 Å². The standard InChI is InChI=1S/C9H7N.C5H10/c1-2-4-9-7-10-6-5-8(9)3-1;1-2-5-3-4-5/h1-7H;5H,2-4H2,1H3. The van der Waals surface area contributed by atoms with E-state index in [2.05, 4.69) is 24.0 Å². The van der Waals surface area contributed by atoms with E-state index in [1.807, 2.05) is 30.6 Å². The van der Waals surface area contributed by atoms with Crippen molar-refractivity contribution >= 4 is 10.8 Å². The highest BCUT2D eigenvalue weighted by molar-refractivity contribution is 5.80. The van der Waals surface area contributed by atoms with Crippen LogP contribution in [0.5, 0.6) is 0 Å². The SMILES string of the molecule is CCC1CC1.c1ccc2cnccc2c1. The second-order valence-electron chi connectivity index (χ2n) is 4.07. The van der Waals surface area contributed by atoms with E-state index in [1.165, 1.54) is 30.0 Å². The summed E-state index contributed by atoms with van der Waals surface area (Å²) in [7, 11) is 0. The summed E-state index contributed by atoms with van der Waals surface area (Å²) in [6.07, 6.45) is 8.12. The van der Waals surface area contributed by atoms with E-state index in [-0.39, 0.29) is 0 Å². The van der Waals surface area contributed by atoms with Crippen LogP contribution in [0, 0.1) is 5.92 Å². The van der Waals surface area contributed by atoms with E-state index >= 15 is 0 Å². The van der Waals surface area contributed by atoms with E-state index in [9.17, 15) is 0 Å². The van der Waals surface area contributed by atoms with Gasteiger partial charge in [-0.2, -0.15) is 0 Å². The molecular formula is C14H17N. The molecule has 0 N–H and O–H groups in total. The third kappa shape index (κ3) is 3.05. The Morgan fingerprint density at radius 2 is 1.87 bits per heavy atom. The van der Waals surface area contributed by atoms with Gasteiger partial charge in [0.15, 0.2) is 0 Å². The van der Waals surface area contributed by atoms with E-state index in [1.54, 1.807) is 0 Å². The van der Waals surface area contributed by atoms with Crippen molar-refractivity contribution in [2.75, 3.05) is 0 Å². The van der Waals surface area contributed by atoms with Gasteiger partial charge in [0.25, 0.3) is 0 Å². The predicted molar refractivity (Wildman–Crippen MR) is 64.8 cm³/mol. The van der Waals surface area contributed by atoms with Crippen LogP contribution in [0.25, 0.3) is 10.8 Å². The molecule has 1 aliphatic rings. The van der Waals surface area contributed by atoms with Gasteiger partial charge in [-0.1, -0.05) is 50.5 Å². The van der Waals surface area contributed by atoms with Crippen LogP contribution < -0.4 is 0 Å². The average molecular weight is 199 g/mol. The highest BCUT2D eigenvalue weighted by atomic mass is 14.6. The second kappa shape index (κ2) is 4.92. The minimum Gasteiger partial charge on any atom is -0.264 e. The Bertz CT molecular complexity index is 353. The van der Waals surface area contributed by atoms with Crippen molar-refractivity contribution in [2.45, 2.75) is 26.2 Å². The fraction of sp³-hybridized carbons (Fsp3) is 0.357. The van der Waals surface area contributed by atoms with Gasteiger partial charge in [0.2, 0.25) is 0 Å². The lowest BCUT2D eigenvalue weighted by Crippen LogP contribution is -1.71. The molecule has 0 spiro atoms. The second-order valence-corrected chi connectivity index (χ2v) is 4.07. The number of fused-ring (bicyclic) bond motifs is 1. The van der Waals surface area contributed by atoms with E-state index < -0.39 is 0 Å². The number of pyridine rings is 1. The van der Waals surface area contributed by atoms with Crippen molar-refractivity contribution in [2.24, 2.45) is 5.92 Å². The van der Waals surface area contributed by atoms with Crippen molar-refractivity contribution in [3.63, 3.8) is 0 Å². The Kier molecular flexibility index (Phi) is 3.33. The molecule has 0 aliphatic heterocycles.